The summed E-state index contributed by atoms with van der Waals surface area (Å²) in [5.41, 5.74) is 13.7. The number of likely N-dealkylation sites (N-methyl/N-ethyl adjacent to an activating group) is 1. The summed E-state index contributed by atoms with van der Waals surface area (Å²) in [5, 5.41) is 7.55. The van der Waals surface area contributed by atoms with Crippen LogP contribution < -0.4 is 22.1 Å². The number of piperidine rings is 1. The number of carbonyl (C=O) groups excluding carboxylic acids is 1. The van der Waals surface area contributed by atoms with Crippen molar-refractivity contribution in [3.8, 4) is 0 Å². The molecule has 7 aliphatic rings. The first-order chi connectivity index (χ1) is 20.7. The van der Waals surface area contributed by atoms with E-state index in [0.29, 0.717) is 17.9 Å². The third-order valence-electron chi connectivity index (χ3n) is 12.9. The van der Waals surface area contributed by atoms with Crippen molar-refractivity contribution in [2.45, 2.75) is 115 Å². The summed E-state index contributed by atoms with van der Waals surface area (Å²) in [6.07, 6.45) is 12.0. The van der Waals surface area contributed by atoms with Crippen LogP contribution in [-0.4, -0.2) is 103 Å². The Kier molecular flexibility index (Phi) is 9.13. The highest BCUT2D eigenvalue weighted by molar-refractivity contribution is 6.03. The van der Waals surface area contributed by atoms with Crippen LogP contribution in [0.25, 0.3) is 0 Å². The highest BCUT2D eigenvalue weighted by Crippen LogP contribution is 2.71. The minimum Gasteiger partial charge on any atom is -0.349 e. The third-order valence-corrected chi connectivity index (χ3v) is 12.9. The van der Waals surface area contributed by atoms with Gasteiger partial charge in [-0.05, 0) is 80.2 Å². The number of nitrogens with two attached hydrogens (primary N) is 2. The zero-order valence-electron chi connectivity index (χ0n) is 27.3. The van der Waals surface area contributed by atoms with Gasteiger partial charge in [-0.1, -0.05) is 33.6 Å². The van der Waals surface area contributed by atoms with Gasteiger partial charge in [-0.2, -0.15) is 0 Å². The topological polar surface area (TPSA) is 103 Å². The van der Waals surface area contributed by atoms with Gasteiger partial charge in [-0.15, -0.1) is 0 Å². The first kappa shape index (κ1) is 31.6. The Labute approximate surface area is 259 Å². The van der Waals surface area contributed by atoms with Gasteiger partial charge in [0.1, 0.15) is 13.0 Å². The van der Waals surface area contributed by atoms with Crippen molar-refractivity contribution in [1.29, 1.82) is 0 Å². The molecule has 3 saturated carbocycles. The van der Waals surface area contributed by atoms with Gasteiger partial charge in [0.2, 0.25) is 5.91 Å². The number of carbonyl (C=O) groups is 1. The zero-order chi connectivity index (χ0) is 30.5. The fourth-order valence-corrected chi connectivity index (χ4v) is 10.1. The minimum atomic E-state index is -0.853. The highest BCUT2D eigenvalue weighted by atomic mass is 19.1. The molecule has 9 heteroatoms. The molecule has 6 N–H and O–H groups in total. The van der Waals surface area contributed by atoms with Gasteiger partial charge in [0, 0.05) is 50.7 Å². The number of hydrogen-bond donors (Lipinski definition) is 4. The van der Waals surface area contributed by atoms with E-state index in [9.17, 15) is 4.79 Å². The molecule has 8 nitrogen and oxygen atoms in total. The van der Waals surface area contributed by atoms with Crippen molar-refractivity contribution in [3.05, 3.63) is 11.9 Å². The molecule has 3 saturated heterocycles. The summed E-state index contributed by atoms with van der Waals surface area (Å²) in [6.45, 7) is 12.2. The molecule has 0 radical (unpaired) electrons. The number of allylic oxidation sites excluding steroid dienone is 1. The highest BCUT2D eigenvalue weighted by Gasteiger charge is 2.66. The molecule has 8 unspecified atom stereocenters. The molecule has 0 aromatic heterocycles. The van der Waals surface area contributed by atoms with E-state index >= 15 is 4.39 Å². The Morgan fingerprint density at radius 3 is 2.47 bits per heavy atom. The lowest BCUT2D eigenvalue weighted by Gasteiger charge is -2.54. The molecule has 242 valence electrons. The van der Waals surface area contributed by atoms with Crippen LogP contribution in [0.5, 0.6) is 0 Å². The van der Waals surface area contributed by atoms with E-state index in [4.69, 9.17) is 11.5 Å². The van der Waals surface area contributed by atoms with Crippen LogP contribution in [0.3, 0.4) is 0 Å². The molecule has 8 atom stereocenters. The molecule has 0 aromatic rings. The number of nitrogens with zero attached hydrogens (tertiary/aromatic N) is 3. The Morgan fingerprint density at radius 1 is 1.12 bits per heavy atom. The van der Waals surface area contributed by atoms with Gasteiger partial charge in [0.15, 0.2) is 18.1 Å². The lowest BCUT2D eigenvalue weighted by atomic mass is 9.71. The van der Waals surface area contributed by atoms with Gasteiger partial charge in [-0.3, -0.25) is 14.6 Å². The van der Waals surface area contributed by atoms with Gasteiger partial charge in [0.25, 0.3) is 0 Å². The first-order valence-electron chi connectivity index (χ1n) is 17.6. The summed E-state index contributed by atoms with van der Waals surface area (Å²) >= 11 is 0. The Balaban J connectivity index is 1.29. The molecule has 43 heavy (non-hydrogen) atoms. The molecule has 0 aromatic carbocycles. The number of halogens is 1. The maximum atomic E-state index is 15.3. The van der Waals surface area contributed by atoms with E-state index in [0.717, 1.165) is 76.6 Å². The van der Waals surface area contributed by atoms with Crippen molar-refractivity contribution in [2.24, 2.45) is 40.1 Å². The van der Waals surface area contributed by atoms with Gasteiger partial charge < -0.3 is 22.1 Å². The Morgan fingerprint density at radius 2 is 1.84 bits per heavy atom. The molecule has 0 spiro atoms. The lowest BCUT2D eigenvalue weighted by Crippen LogP contribution is -2.72. The normalized spacial score (nSPS) is 39.8. The predicted octanol–water partition coefficient (Wildman–Crippen LogP) is 2.81. The molecular weight excluding hydrogens is 541 g/mol. The van der Waals surface area contributed by atoms with Crippen LogP contribution in [0.15, 0.2) is 11.9 Å². The van der Waals surface area contributed by atoms with Crippen LogP contribution in [-0.2, 0) is 4.79 Å². The monoisotopic (exact) mass is 600 g/mol. The fourth-order valence-electron chi connectivity index (χ4n) is 10.1. The summed E-state index contributed by atoms with van der Waals surface area (Å²) in [7, 11) is 1.91. The van der Waals surface area contributed by atoms with Crippen molar-refractivity contribution >= 4 is 11.6 Å². The SMILES string of the molecule is CCC1CCCC2CNC1C(NC(=O)C(C1=[N+](C)CC(F)=CC3(CC)CC3(CC)C1)C(N)N)C2N1CCN(C2CC2)CC1. The number of rotatable bonds is 9. The van der Waals surface area contributed by atoms with E-state index < -0.39 is 12.1 Å². The van der Waals surface area contributed by atoms with E-state index in [1.54, 1.807) is 0 Å². The van der Waals surface area contributed by atoms with Crippen molar-refractivity contribution < 1.29 is 13.8 Å². The molecule has 1 amide bonds. The van der Waals surface area contributed by atoms with Crippen molar-refractivity contribution in [2.75, 3.05) is 46.3 Å². The van der Waals surface area contributed by atoms with Gasteiger partial charge >= 0.3 is 0 Å². The van der Waals surface area contributed by atoms with E-state index in [2.05, 4.69) is 41.2 Å². The second-order valence-electron chi connectivity index (χ2n) is 15.1. The summed E-state index contributed by atoms with van der Waals surface area (Å²) < 4.78 is 17.3. The van der Waals surface area contributed by atoms with Crippen LogP contribution in [0.1, 0.15) is 85.0 Å². The second-order valence-corrected chi connectivity index (χ2v) is 15.1. The van der Waals surface area contributed by atoms with E-state index in [-0.39, 0.29) is 41.2 Å². The molecule has 3 aliphatic carbocycles. The Bertz CT molecular complexity index is 1100. The molecule has 7 rings (SSSR count). The van der Waals surface area contributed by atoms with E-state index in [1.165, 1.54) is 32.1 Å². The molecule has 4 aliphatic heterocycles. The largest absolute Gasteiger partial charge is 0.349 e. The summed E-state index contributed by atoms with van der Waals surface area (Å²) in [5.74, 6) is 0.145. The maximum Gasteiger partial charge on any atom is 0.236 e. The van der Waals surface area contributed by atoms with Crippen molar-refractivity contribution in [1.82, 2.24) is 20.4 Å². The Hall–Kier alpha value is -1.39. The van der Waals surface area contributed by atoms with E-state index in [1.807, 2.05) is 17.7 Å². The van der Waals surface area contributed by atoms with Crippen LogP contribution in [0.2, 0.25) is 0 Å². The minimum absolute atomic E-state index is 0.00267. The van der Waals surface area contributed by atoms with Crippen LogP contribution >= 0.6 is 0 Å². The zero-order valence-corrected chi connectivity index (χ0v) is 27.3. The molecule has 4 heterocycles. The molecule has 6 fully saturated rings. The molecule has 2 bridgehead atoms. The number of piperazine rings is 1. The third kappa shape index (κ3) is 5.86. The lowest BCUT2D eigenvalue weighted by molar-refractivity contribution is -0.495. The number of hydrogen-bond acceptors (Lipinski definition) is 6. The predicted molar refractivity (Wildman–Crippen MR) is 170 cm³/mol. The summed E-state index contributed by atoms with van der Waals surface area (Å²) in [4.78, 5) is 20.0. The first-order valence-corrected chi connectivity index (χ1v) is 17.6. The quantitative estimate of drug-likeness (QED) is 0.240. The number of nitrogens with one attached hydrogen (secondary N) is 2. The molecular formula is C34H59FN7O+. The smallest absolute Gasteiger partial charge is 0.236 e. The number of amides is 1. The average Bonchev–Trinajstić information content (AvgIpc) is 3.89. The van der Waals surface area contributed by atoms with Crippen LogP contribution in [0.4, 0.5) is 4.39 Å². The fraction of sp³-hybridized carbons (Fsp3) is 0.882. The second kappa shape index (κ2) is 12.4. The van der Waals surface area contributed by atoms with Crippen LogP contribution in [0, 0.1) is 28.6 Å². The van der Waals surface area contributed by atoms with Gasteiger partial charge in [0.05, 0.1) is 12.2 Å². The average molecular weight is 601 g/mol. The standard InChI is InChI=1S/C34H58FN7O/c1-5-22-9-8-10-23-19-38-28(22)29(30(23)42-15-13-41(14-16-42)25-11-12-25)39-32(43)27(31(36)37)26-18-34(7-3)21-33(34,6-2)17-24(35)20-40(26)4/h17,22-23,25,27-31,38H,5-16,18-21,36-37H2,1-4H3/p+1. The van der Waals surface area contributed by atoms with Crippen molar-refractivity contribution in [3.63, 3.8) is 0 Å². The van der Waals surface area contributed by atoms with Gasteiger partial charge in [-0.25, -0.2) is 8.97 Å². The number of fused-ring (bicyclic) bond motifs is 6. The summed E-state index contributed by atoms with van der Waals surface area (Å²) in [6, 6.07) is 1.33. The maximum absolute atomic E-state index is 15.3.